The number of ether oxygens (including phenoxy) is 1. The Kier molecular flexibility index (Phi) is 11.3. The van der Waals surface area contributed by atoms with Gasteiger partial charge in [-0.1, -0.05) is 55.3 Å². The van der Waals surface area contributed by atoms with Gasteiger partial charge in [-0.2, -0.15) is 0 Å². The quantitative estimate of drug-likeness (QED) is 0.175. The summed E-state index contributed by atoms with van der Waals surface area (Å²) in [5.41, 5.74) is 18.7. The number of hydrogen-bond acceptors (Lipinski definition) is 7. The molecule has 0 fully saturated rings. The highest BCUT2D eigenvalue weighted by Crippen LogP contribution is 2.36. The van der Waals surface area contributed by atoms with Gasteiger partial charge in [0.25, 0.3) is 0 Å². The van der Waals surface area contributed by atoms with Gasteiger partial charge in [0.2, 0.25) is 5.91 Å². The van der Waals surface area contributed by atoms with Crippen molar-refractivity contribution >= 4 is 23.0 Å². The van der Waals surface area contributed by atoms with E-state index >= 15 is 0 Å². The summed E-state index contributed by atoms with van der Waals surface area (Å²) in [4.78, 5) is 14.6. The number of carbonyl (C=O) groups excluding carboxylic acids is 1. The number of amides is 1. The summed E-state index contributed by atoms with van der Waals surface area (Å²) >= 11 is 0. The predicted octanol–water partition coefficient (Wildman–Crippen LogP) is 3.42. The van der Waals surface area contributed by atoms with E-state index in [9.17, 15) is 4.79 Å². The summed E-state index contributed by atoms with van der Waals surface area (Å²) in [5.74, 6) is 6.56. The average molecular weight is 509 g/mol. The van der Waals surface area contributed by atoms with Crippen LogP contribution in [0.2, 0.25) is 0 Å². The second-order valence-electron chi connectivity index (χ2n) is 9.79. The number of anilines is 1. The number of benzene rings is 2. The highest BCUT2D eigenvalue weighted by Gasteiger charge is 2.23. The first-order valence-electron chi connectivity index (χ1n) is 13.4. The van der Waals surface area contributed by atoms with Crippen molar-refractivity contribution < 1.29 is 9.53 Å². The fourth-order valence-electron chi connectivity index (χ4n) is 4.81. The minimum absolute atomic E-state index is 0.0814. The molecule has 202 valence electrons. The van der Waals surface area contributed by atoms with E-state index in [1.54, 1.807) is 12.1 Å². The second kappa shape index (κ2) is 14.6. The van der Waals surface area contributed by atoms with Crippen molar-refractivity contribution in [2.45, 2.75) is 57.5 Å². The lowest BCUT2D eigenvalue weighted by Gasteiger charge is -2.32. The zero-order chi connectivity index (χ0) is 26.6. The van der Waals surface area contributed by atoms with Gasteiger partial charge >= 0.3 is 0 Å². The Morgan fingerprint density at radius 1 is 1.03 bits per heavy atom. The molecule has 2 aromatic carbocycles. The molecule has 1 amide bonds. The molecule has 8 heteroatoms. The van der Waals surface area contributed by atoms with Crippen molar-refractivity contribution in [3.8, 4) is 0 Å². The SMILES string of the molecule is COCCCCCCNC(=O)C(N)CCCCN(N)/C1=C(\N)c2ccccc2CN(C)c2ccccc21. The Labute approximate surface area is 221 Å². The van der Waals surface area contributed by atoms with Crippen LogP contribution in [-0.4, -0.2) is 50.8 Å². The summed E-state index contributed by atoms with van der Waals surface area (Å²) in [6, 6.07) is 15.9. The molecule has 1 unspecified atom stereocenters. The van der Waals surface area contributed by atoms with Crippen LogP contribution in [0.25, 0.3) is 11.4 Å². The zero-order valence-corrected chi connectivity index (χ0v) is 22.4. The number of nitrogens with zero attached hydrogens (tertiary/aromatic N) is 2. The molecule has 1 atom stereocenters. The van der Waals surface area contributed by atoms with Crippen molar-refractivity contribution in [3.05, 3.63) is 65.2 Å². The molecule has 0 aromatic heterocycles. The van der Waals surface area contributed by atoms with E-state index in [2.05, 4.69) is 41.5 Å². The maximum Gasteiger partial charge on any atom is 0.236 e. The minimum atomic E-state index is -0.508. The Hall–Kier alpha value is -3.07. The Balaban J connectivity index is 1.55. The Morgan fingerprint density at radius 2 is 1.73 bits per heavy atom. The Morgan fingerprint density at radius 3 is 2.51 bits per heavy atom. The molecule has 37 heavy (non-hydrogen) atoms. The van der Waals surface area contributed by atoms with Crippen LogP contribution in [0.4, 0.5) is 5.69 Å². The van der Waals surface area contributed by atoms with Gasteiger partial charge in [0, 0.05) is 57.2 Å². The molecule has 1 aliphatic rings. The third-order valence-electron chi connectivity index (χ3n) is 6.90. The van der Waals surface area contributed by atoms with Crippen LogP contribution < -0.4 is 27.5 Å². The fraction of sp³-hybridized carbons (Fsp3) is 0.483. The van der Waals surface area contributed by atoms with Gasteiger partial charge in [-0.05, 0) is 43.7 Å². The van der Waals surface area contributed by atoms with Crippen LogP contribution in [0.15, 0.2) is 48.5 Å². The normalized spacial score (nSPS) is 15.8. The summed E-state index contributed by atoms with van der Waals surface area (Å²) in [5, 5.41) is 4.71. The summed E-state index contributed by atoms with van der Waals surface area (Å²) < 4.78 is 5.06. The summed E-state index contributed by atoms with van der Waals surface area (Å²) in [6.07, 6.45) is 6.41. The number of carbonyl (C=O) groups is 1. The summed E-state index contributed by atoms with van der Waals surface area (Å²) in [6.45, 7) is 2.82. The zero-order valence-electron chi connectivity index (χ0n) is 22.4. The van der Waals surface area contributed by atoms with Gasteiger partial charge < -0.3 is 31.4 Å². The number of hydrogen-bond donors (Lipinski definition) is 4. The number of methoxy groups -OCH3 is 1. The topological polar surface area (TPSA) is 123 Å². The maximum absolute atomic E-state index is 12.3. The van der Waals surface area contributed by atoms with E-state index in [1.165, 1.54) is 0 Å². The first-order chi connectivity index (χ1) is 17.9. The van der Waals surface area contributed by atoms with E-state index in [-0.39, 0.29) is 5.91 Å². The van der Waals surface area contributed by atoms with Crippen LogP contribution in [0, 0.1) is 0 Å². The number of nitrogens with one attached hydrogen (secondary N) is 1. The lowest BCUT2D eigenvalue weighted by molar-refractivity contribution is -0.122. The van der Waals surface area contributed by atoms with Gasteiger partial charge in [0.05, 0.1) is 17.4 Å². The summed E-state index contributed by atoms with van der Waals surface area (Å²) in [7, 11) is 3.80. The van der Waals surface area contributed by atoms with Gasteiger partial charge in [0.15, 0.2) is 0 Å². The number of hydrazine groups is 1. The van der Waals surface area contributed by atoms with E-state index in [4.69, 9.17) is 22.0 Å². The molecule has 1 heterocycles. The lowest BCUT2D eigenvalue weighted by Crippen LogP contribution is -2.41. The predicted molar refractivity (Wildman–Crippen MR) is 152 cm³/mol. The molecular weight excluding hydrogens is 464 g/mol. The van der Waals surface area contributed by atoms with Gasteiger partial charge in [-0.25, -0.2) is 5.84 Å². The van der Waals surface area contributed by atoms with Gasteiger partial charge in [0.1, 0.15) is 0 Å². The van der Waals surface area contributed by atoms with E-state index in [0.29, 0.717) is 25.2 Å². The number of nitrogens with two attached hydrogens (primary N) is 3. The first-order valence-corrected chi connectivity index (χ1v) is 13.4. The maximum atomic E-state index is 12.3. The van der Waals surface area contributed by atoms with Crippen LogP contribution in [0.3, 0.4) is 0 Å². The highest BCUT2D eigenvalue weighted by atomic mass is 16.5. The molecule has 1 aliphatic heterocycles. The van der Waals surface area contributed by atoms with E-state index in [0.717, 1.165) is 79.8 Å². The van der Waals surface area contributed by atoms with Crippen LogP contribution in [-0.2, 0) is 16.1 Å². The van der Waals surface area contributed by atoms with E-state index in [1.807, 2.05) is 24.3 Å². The lowest BCUT2D eigenvalue weighted by atomic mass is 9.96. The van der Waals surface area contributed by atoms with Gasteiger partial charge in [-0.3, -0.25) is 4.79 Å². The van der Waals surface area contributed by atoms with Crippen LogP contribution in [0.5, 0.6) is 0 Å². The number of para-hydroxylation sites is 1. The molecule has 0 aliphatic carbocycles. The third kappa shape index (κ3) is 7.95. The molecule has 0 saturated carbocycles. The number of rotatable bonds is 14. The number of unbranched alkanes of at least 4 members (excludes halogenated alkanes) is 4. The van der Waals surface area contributed by atoms with Crippen molar-refractivity contribution in [2.24, 2.45) is 17.3 Å². The van der Waals surface area contributed by atoms with Crippen molar-refractivity contribution in [2.75, 3.05) is 38.8 Å². The smallest absolute Gasteiger partial charge is 0.236 e. The molecule has 0 spiro atoms. The highest BCUT2D eigenvalue weighted by molar-refractivity contribution is 5.93. The second-order valence-corrected chi connectivity index (χ2v) is 9.79. The molecule has 3 rings (SSSR count). The monoisotopic (exact) mass is 508 g/mol. The van der Waals surface area contributed by atoms with Crippen molar-refractivity contribution in [1.82, 2.24) is 10.3 Å². The number of fused-ring (bicyclic) bond motifs is 2. The molecule has 2 aromatic rings. The van der Waals surface area contributed by atoms with E-state index < -0.39 is 6.04 Å². The van der Waals surface area contributed by atoms with Crippen LogP contribution >= 0.6 is 0 Å². The largest absolute Gasteiger partial charge is 0.396 e. The molecule has 0 saturated heterocycles. The molecular formula is C29H44N6O2. The molecule has 7 N–H and O–H groups in total. The minimum Gasteiger partial charge on any atom is -0.396 e. The fourth-order valence-corrected chi connectivity index (χ4v) is 4.81. The molecule has 0 bridgehead atoms. The first kappa shape index (κ1) is 28.5. The standard InChI is InChI=1S/C29H44N6O2/c1-34-21-22-13-5-6-14-23(22)27(31)28(24-15-7-8-17-26(24)34)35(32)19-11-9-16-25(30)29(36)33-18-10-3-4-12-20-37-2/h5-8,13-15,17,25H,3-4,9-12,16,18-21,30-32H2,1-2H3,(H,33,36)/b28-27-. The Bertz CT molecular complexity index is 1040. The van der Waals surface area contributed by atoms with Crippen molar-refractivity contribution in [1.29, 1.82) is 0 Å². The average Bonchev–Trinajstić information content (AvgIpc) is 2.90. The molecule has 0 radical (unpaired) electrons. The van der Waals surface area contributed by atoms with Crippen LogP contribution in [0.1, 0.15) is 61.6 Å². The van der Waals surface area contributed by atoms with Crippen molar-refractivity contribution in [3.63, 3.8) is 0 Å². The third-order valence-corrected chi connectivity index (χ3v) is 6.90. The van der Waals surface area contributed by atoms with Gasteiger partial charge in [-0.15, -0.1) is 0 Å². The molecule has 8 nitrogen and oxygen atoms in total.